The lowest BCUT2D eigenvalue weighted by atomic mass is 10.1. The Balaban J connectivity index is 2.00. The molecule has 12 nitrogen and oxygen atoms in total. The minimum absolute atomic E-state index is 0.0823. The van der Waals surface area contributed by atoms with Gasteiger partial charge in [-0.05, 0) is 36.2 Å². The van der Waals surface area contributed by atoms with E-state index in [1.165, 1.54) is 12.1 Å². The average Bonchev–Trinajstić information content (AvgIpc) is 2.81. The summed E-state index contributed by atoms with van der Waals surface area (Å²) in [5.74, 6) is 0. The molecule has 0 fully saturated rings. The predicted molar refractivity (Wildman–Crippen MR) is 116 cm³/mol. The molecule has 2 aromatic carbocycles. The van der Waals surface area contributed by atoms with E-state index in [1.54, 1.807) is 12.1 Å². The molecule has 0 bridgehead atoms. The molecule has 12 heteroatoms. The van der Waals surface area contributed by atoms with Crippen LogP contribution in [-0.4, -0.2) is 14.8 Å². The van der Waals surface area contributed by atoms with E-state index in [1.807, 2.05) is 36.0 Å². The van der Waals surface area contributed by atoms with E-state index in [0.717, 1.165) is 30.2 Å². The normalized spacial score (nSPS) is 11.9. The van der Waals surface area contributed by atoms with Crippen LogP contribution < -0.4 is 4.57 Å². The van der Waals surface area contributed by atoms with Crippen LogP contribution in [0.3, 0.4) is 0 Å². The molecule has 0 aliphatic heterocycles. The zero-order valence-corrected chi connectivity index (χ0v) is 17.5. The number of non-ortho nitro benzene ring substituents is 2. The van der Waals surface area contributed by atoms with Crippen LogP contribution >= 0.6 is 0 Å². The van der Waals surface area contributed by atoms with Crippen molar-refractivity contribution < 1.29 is 19.3 Å². The van der Waals surface area contributed by atoms with Gasteiger partial charge in [-0.2, -0.15) is 5.11 Å². The van der Waals surface area contributed by atoms with E-state index < -0.39 is 32.2 Å². The van der Waals surface area contributed by atoms with Gasteiger partial charge in [-0.1, -0.05) is 6.92 Å². The van der Waals surface area contributed by atoms with Gasteiger partial charge in [-0.25, -0.2) is 4.57 Å². The van der Waals surface area contributed by atoms with E-state index in [-0.39, 0.29) is 11.4 Å². The molecule has 0 saturated carbocycles. The number of aromatic nitrogens is 1. The summed E-state index contributed by atoms with van der Waals surface area (Å²) >= 11 is 0. The number of azo groups is 1. The first kappa shape index (κ1) is 23.1. The molecule has 0 spiro atoms. The molecule has 1 heterocycles. The monoisotopic (exact) mass is 451 g/mol. The summed E-state index contributed by atoms with van der Waals surface area (Å²) in [6.45, 7) is 2.33. The van der Waals surface area contributed by atoms with E-state index in [2.05, 4.69) is 10.2 Å². The lowest BCUT2D eigenvalue weighted by Crippen LogP contribution is -2.36. The topological polar surface area (TPSA) is 158 Å². The Morgan fingerprint density at radius 3 is 2.18 bits per heavy atom. The third-order valence-electron chi connectivity index (χ3n) is 4.87. The molecule has 3 rings (SSSR count). The molecule has 0 radical (unpaired) electrons. The third-order valence-corrected chi connectivity index (χ3v) is 4.87. The number of nitro groups is 3. The number of hydrogen-bond acceptors (Lipinski definition) is 8. The fourth-order valence-electron chi connectivity index (χ4n) is 3.11. The van der Waals surface area contributed by atoms with Gasteiger partial charge in [0, 0.05) is 29.8 Å². The molecule has 0 saturated heterocycles. The second-order valence-electron chi connectivity index (χ2n) is 7.03. The first-order chi connectivity index (χ1) is 15.8. The summed E-state index contributed by atoms with van der Waals surface area (Å²) in [6.07, 6.45) is 4.59. The van der Waals surface area contributed by atoms with Gasteiger partial charge in [0.05, 0.1) is 20.8 Å². The molecule has 33 heavy (non-hydrogen) atoms. The molecule has 0 aliphatic rings. The summed E-state index contributed by atoms with van der Waals surface area (Å²) in [4.78, 5) is 31.3. The van der Waals surface area contributed by atoms with Crippen molar-refractivity contribution in [3.05, 3.63) is 108 Å². The van der Waals surface area contributed by atoms with Crippen LogP contribution in [0, 0.1) is 30.3 Å². The van der Waals surface area contributed by atoms with Crippen molar-refractivity contribution in [3.8, 4) is 0 Å². The molecule has 0 aliphatic carbocycles. The highest BCUT2D eigenvalue weighted by atomic mass is 16.6. The standard InChI is InChI=1S/C21H19N6O6/c1-2-15-4-3-11-24(13-15)14-20(16-5-7-17(8-6-16)25(28)29)23-22-19-10-9-18(26(30)31)12-21(19)27(32)33/h3-13,20H,2,14H2,1H3/q+1. The molecule has 1 aromatic heterocycles. The van der Waals surface area contributed by atoms with Gasteiger partial charge in [0.15, 0.2) is 30.7 Å². The van der Waals surface area contributed by atoms with Crippen LogP contribution in [-0.2, 0) is 13.0 Å². The maximum atomic E-state index is 11.4. The van der Waals surface area contributed by atoms with Crippen LogP contribution in [0.1, 0.15) is 24.1 Å². The van der Waals surface area contributed by atoms with Gasteiger partial charge in [0.1, 0.15) is 0 Å². The minimum Gasteiger partial charge on any atom is -0.258 e. The van der Waals surface area contributed by atoms with Crippen LogP contribution in [0.25, 0.3) is 0 Å². The first-order valence-corrected chi connectivity index (χ1v) is 9.84. The van der Waals surface area contributed by atoms with Crippen molar-refractivity contribution in [2.75, 3.05) is 0 Å². The zero-order valence-electron chi connectivity index (χ0n) is 17.5. The maximum Gasteiger partial charge on any atom is 0.303 e. The number of hydrogen-bond donors (Lipinski definition) is 0. The number of aryl methyl sites for hydroxylation is 1. The molecule has 168 valence electrons. The SMILES string of the molecule is CCc1ccc[n+](CC(N=Nc2ccc([N+](=O)[O-])cc2[N+](=O)[O-])c2ccc([N+](=O)[O-])cc2)c1. The summed E-state index contributed by atoms with van der Waals surface area (Å²) in [5.41, 5.74) is 0.507. The number of rotatable bonds is 9. The van der Waals surface area contributed by atoms with Crippen LogP contribution in [0.5, 0.6) is 0 Å². The fraction of sp³-hybridized carbons (Fsp3) is 0.190. The van der Waals surface area contributed by atoms with Gasteiger partial charge in [-0.3, -0.25) is 30.3 Å². The van der Waals surface area contributed by atoms with Crippen LogP contribution in [0.2, 0.25) is 0 Å². The Morgan fingerprint density at radius 1 is 0.909 bits per heavy atom. The number of nitrogens with zero attached hydrogens (tertiary/aromatic N) is 6. The molecule has 1 atom stereocenters. The lowest BCUT2D eigenvalue weighted by Gasteiger charge is -2.09. The predicted octanol–water partition coefficient (Wildman–Crippen LogP) is 4.79. The summed E-state index contributed by atoms with van der Waals surface area (Å²) in [5, 5.41) is 41.6. The molecule has 1 unspecified atom stereocenters. The Morgan fingerprint density at radius 2 is 1.58 bits per heavy atom. The smallest absolute Gasteiger partial charge is 0.258 e. The van der Waals surface area contributed by atoms with Crippen molar-refractivity contribution in [1.82, 2.24) is 0 Å². The van der Waals surface area contributed by atoms with Crippen molar-refractivity contribution in [3.63, 3.8) is 0 Å². The molecular formula is C21H19N6O6+. The summed E-state index contributed by atoms with van der Waals surface area (Å²) < 4.78 is 1.88. The highest BCUT2D eigenvalue weighted by molar-refractivity contribution is 5.61. The number of benzene rings is 2. The highest BCUT2D eigenvalue weighted by Crippen LogP contribution is 2.33. The largest absolute Gasteiger partial charge is 0.303 e. The molecule has 0 amide bonds. The Labute approximate surface area is 187 Å². The van der Waals surface area contributed by atoms with Crippen LogP contribution in [0.4, 0.5) is 22.7 Å². The van der Waals surface area contributed by atoms with Gasteiger partial charge in [-0.15, -0.1) is 5.11 Å². The summed E-state index contributed by atoms with van der Waals surface area (Å²) in [7, 11) is 0. The Bertz CT molecular complexity index is 1230. The Kier molecular flexibility index (Phi) is 7.08. The van der Waals surface area contributed by atoms with Gasteiger partial charge in [0.25, 0.3) is 11.4 Å². The van der Waals surface area contributed by atoms with Crippen molar-refractivity contribution in [2.45, 2.75) is 25.9 Å². The molecule has 0 N–H and O–H groups in total. The highest BCUT2D eigenvalue weighted by Gasteiger charge is 2.22. The van der Waals surface area contributed by atoms with E-state index in [4.69, 9.17) is 0 Å². The number of nitro benzene ring substituents is 3. The quantitative estimate of drug-likeness (QED) is 0.197. The maximum absolute atomic E-state index is 11.4. The first-order valence-electron chi connectivity index (χ1n) is 9.84. The van der Waals surface area contributed by atoms with Gasteiger partial charge < -0.3 is 0 Å². The molecular weight excluding hydrogens is 432 g/mol. The summed E-state index contributed by atoms with van der Waals surface area (Å²) in [6, 6.07) is 12.1. The number of pyridine rings is 1. The fourth-order valence-corrected chi connectivity index (χ4v) is 3.11. The van der Waals surface area contributed by atoms with Crippen molar-refractivity contribution >= 4 is 22.7 Å². The van der Waals surface area contributed by atoms with Crippen molar-refractivity contribution in [2.24, 2.45) is 10.2 Å². The second kappa shape index (κ2) is 10.1. The van der Waals surface area contributed by atoms with E-state index in [0.29, 0.717) is 12.1 Å². The van der Waals surface area contributed by atoms with Crippen molar-refractivity contribution in [1.29, 1.82) is 0 Å². The minimum atomic E-state index is -0.762. The lowest BCUT2D eigenvalue weighted by molar-refractivity contribution is -0.700. The Hall–Kier alpha value is -4.61. The zero-order chi connectivity index (χ0) is 24.0. The molecule has 3 aromatic rings. The average molecular weight is 451 g/mol. The second-order valence-corrected chi connectivity index (χ2v) is 7.03. The van der Waals surface area contributed by atoms with E-state index in [9.17, 15) is 30.3 Å². The van der Waals surface area contributed by atoms with Crippen LogP contribution in [0.15, 0.2) is 77.2 Å². The third kappa shape index (κ3) is 5.76. The van der Waals surface area contributed by atoms with Gasteiger partial charge >= 0.3 is 5.69 Å². The van der Waals surface area contributed by atoms with Gasteiger partial charge in [0.2, 0.25) is 0 Å². The van der Waals surface area contributed by atoms with E-state index >= 15 is 0 Å².